The van der Waals surface area contributed by atoms with Crippen molar-refractivity contribution in [3.8, 4) is 22.7 Å². The second kappa shape index (κ2) is 10.0. The Kier molecular flexibility index (Phi) is 6.34. The average molecular weight is 465 g/mol. The van der Waals surface area contributed by atoms with E-state index < -0.39 is 0 Å². The smallest absolute Gasteiger partial charge is 0.272 e. The molecule has 5 aromatic rings. The Hall–Kier alpha value is -4.72. The van der Waals surface area contributed by atoms with Crippen molar-refractivity contribution < 1.29 is 9.53 Å². The van der Waals surface area contributed by atoms with Crippen molar-refractivity contribution in [2.24, 2.45) is 0 Å². The fourth-order valence-corrected chi connectivity index (χ4v) is 3.84. The summed E-state index contributed by atoms with van der Waals surface area (Å²) in [4.78, 5) is 17.0. The fourth-order valence-electron chi connectivity index (χ4n) is 3.84. The van der Waals surface area contributed by atoms with Crippen LogP contribution in [0.2, 0.25) is 0 Å². The van der Waals surface area contributed by atoms with Gasteiger partial charge in [-0.05, 0) is 53.6 Å². The van der Waals surface area contributed by atoms with Crippen LogP contribution in [0.4, 0.5) is 0 Å². The van der Waals surface area contributed by atoms with Crippen LogP contribution in [0.3, 0.4) is 0 Å². The van der Waals surface area contributed by atoms with E-state index in [9.17, 15) is 4.79 Å². The van der Waals surface area contributed by atoms with Gasteiger partial charge in [-0.15, -0.1) is 0 Å². The van der Waals surface area contributed by atoms with Gasteiger partial charge < -0.3 is 10.1 Å². The number of carbonyl (C=O) groups excluding carboxylic acids is 1. The summed E-state index contributed by atoms with van der Waals surface area (Å²) in [6, 6.07) is 27.3. The summed E-state index contributed by atoms with van der Waals surface area (Å²) in [5.41, 5.74) is 5.05. The number of nitrogens with one attached hydrogen (secondary N) is 1. The molecule has 0 aliphatic heterocycles. The van der Waals surface area contributed by atoms with E-state index in [0.29, 0.717) is 18.8 Å². The molecular weight excluding hydrogens is 440 g/mol. The van der Waals surface area contributed by atoms with Gasteiger partial charge in [0.05, 0.1) is 25.0 Å². The van der Waals surface area contributed by atoms with E-state index in [1.807, 2.05) is 84.9 Å². The maximum Gasteiger partial charge on any atom is 0.272 e. The molecular formula is C27H24N6O2. The first-order valence-electron chi connectivity index (χ1n) is 11.2. The van der Waals surface area contributed by atoms with Gasteiger partial charge >= 0.3 is 0 Å². The van der Waals surface area contributed by atoms with E-state index in [4.69, 9.17) is 4.74 Å². The zero-order valence-corrected chi connectivity index (χ0v) is 19.2. The molecule has 0 radical (unpaired) electrons. The average Bonchev–Trinajstić information content (AvgIpc) is 3.59. The number of nitrogens with zero attached hydrogens (tertiary/aromatic N) is 5. The van der Waals surface area contributed by atoms with Crippen molar-refractivity contribution >= 4 is 5.91 Å². The number of para-hydroxylation sites is 1. The number of rotatable bonds is 8. The zero-order chi connectivity index (χ0) is 24.0. The van der Waals surface area contributed by atoms with Crippen molar-refractivity contribution in [3.63, 3.8) is 0 Å². The van der Waals surface area contributed by atoms with Gasteiger partial charge in [-0.1, -0.05) is 42.5 Å². The predicted octanol–water partition coefficient (Wildman–Crippen LogP) is 4.12. The van der Waals surface area contributed by atoms with Gasteiger partial charge in [0.1, 0.15) is 18.4 Å². The van der Waals surface area contributed by atoms with Crippen molar-refractivity contribution in [1.82, 2.24) is 29.9 Å². The quantitative estimate of drug-likeness (QED) is 0.373. The Morgan fingerprint density at radius 1 is 0.943 bits per heavy atom. The molecule has 0 aliphatic carbocycles. The second-order valence-corrected chi connectivity index (χ2v) is 7.99. The number of hydrogen-bond acceptors (Lipinski definition) is 5. The lowest BCUT2D eigenvalue weighted by molar-refractivity contribution is 0.0945. The third-order valence-electron chi connectivity index (χ3n) is 5.58. The first-order valence-corrected chi connectivity index (χ1v) is 11.2. The number of carbonyl (C=O) groups is 1. The van der Waals surface area contributed by atoms with Crippen LogP contribution in [0, 0.1) is 0 Å². The number of hydrogen-bond donors (Lipinski definition) is 1. The fraction of sp³-hybridized carbons (Fsp3) is 0.111. The maximum absolute atomic E-state index is 13.1. The summed E-state index contributed by atoms with van der Waals surface area (Å²) in [6.45, 7) is 1.01. The first kappa shape index (κ1) is 22.1. The highest BCUT2D eigenvalue weighted by Gasteiger charge is 2.17. The van der Waals surface area contributed by atoms with Crippen LogP contribution in [0.15, 0.2) is 97.6 Å². The highest BCUT2D eigenvalue weighted by molar-refractivity contribution is 5.93. The largest absolute Gasteiger partial charge is 0.497 e. The van der Waals surface area contributed by atoms with E-state index in [-0.39, 0.29) is 5.91 Å². The minimum absolute atomic E-state index is 0.240. The molecule has 3 aromatic carbocycles. The summed E-state index contributed by atoms with van der Waals surface area (Å²) < 4.78 is 8.83. The molecule has 0 spiro atoms. The van der Waals surface area contributed by atoms with E-state index in [1.165, 1.54) is 6.33 Å². The van der Waals surface area contributed by atoms with Crippen LogP contribution in [0.5, 0.6) is 5.75 Å². The molecule has 0 unspecified atom stereocenters. The van der Waals surface area contributed by atoms with Gasteiger partial charge in [-0.2, -0.15) is 10.2 Å². The van der Waals surface area contributed by atoms with Crippen molar-refractivity contribution in [3.05, 3.63) is 114 Å². The molecule has 174 valence electrons. The molecule has 8 nitrogen and oxygen atoms in total. The van der Waals surface area contributed by atoms with Gasteiger partial charge in [-0.25, -0.2) is 14.3 Å². The molecule has 0 saturated carbocycles. The van der Waals surface area contributed by atoms with Crippen molar-refractivity contribution in [1.29, 1.82) is 0 Å². The standard InChI is InChI=1S/C27H24N6O2/c1-35-24-12-10-22(11-13-24)26-15-25(31-33(26)23-8-3-2-4-9-23)27(34)29-16-20-6-5-7-21(14-20)17-32-19-28-18-30-32/h2-15,18-19H,16-17H2,1H3,(H,29,34). The van der Waals surface area contributed by atoms with Crippen molar-refractivity contribution in [2.45, 2.75) is 13.1 Å². The summed E-state index contributed by atoms with van der Waals surface area (Å²) >= 11 is 0. The highest BCUT2D eigenvalue weighted by atomic mass is 16.5. The Labute approximate surface area is 202 Å². The first-order chi connectivity index (χ1) is 17.2. The van der Waals surface area contributed by atoms with Gasteiger partial charge in [0.25, 0.3) is 5.91 Å². The molecule has 0 bridgehead atoms. The molecule has 0 saturated heterocycles. The predicted molar refractivity (Wildman–Crippen MR) is 132 cm³/mol. The minimum atomic E-state index is -0.240. The van der Waals surface area contributed by atoms with Gasteiger partial charge in [-0.3, -0.25) is 4.79 Å². The Balaban J connectivity index is 1.36. The molecule has 0 atom stereocenters. The van der Waals surface area contributed by atoms with Gasteiger partial charge in [0.2, 0.25) is 0 Å². The summed E-state index contributed by atoms with van der Waals surface area (Å²) in [6.07, 6.45) is 3.19. The summed E-state index contributed by atoms with van der Waals surface area (Å²) in [7, 11) is 1.63. The van der Waals surface area contributed by atoms with E-state index in [0.717, 1.165) is 33.8 Å². The minimum Gasteiger partial charge on any atom is -0.497 e. The van der Waals surface area contributed by atoms with Gasteiger partial charge in [0.15, 0.2) is 5.69 Å². The Morgan fingerprint density at radius 3 is 2.49 bits per heavy atom. The zero-order valence-electron chi connectivity index (χ0n) is 19.2. The normalized spacial score (nSPS) is 10.8. The molecule has 2 aromatic heterocycles. The lowest BCUT2D eigenvalue weighted by Gasteiger charge is -2.08. The molecule has 0 aliphatic rings. The summed E-state index contributed by atoms with van der Waals surface area (Å²) in [5, 5.41) is 11.8. The van der Waals surface area contributed by atoms with E-state index in [1.54, 1.807) is 22.8 Å². The Morgan fingerprint density at radius 2 is 1.74 bits per heavy atom. The summed E-state index contributed by atoms with van der Waals surface area (Å²) in [5.74, 6) is 0.527. The van der Waals surface area contributed by atoms with E-state index in [2.05, 4.69) is 20.5 Å². The van der Waals surface area contributed by atoms with Crippen LogP contribution < -0.4 is 10.1 Å². The topological polar surface area (TPSA) is 86.9 Å². The molecule has 1 amide bonds. The number of benzene rings is 3. The Bertz CT molecular complexity index is 1410. The third-order valence-corrected chi connectivity index (χ3v) is 5.58. The lowest BCUT2D eigenvalue weighted by atomic mass is 10.1. The lowest BCUT2D eigenvalue weighted by Crippen LogP contribution is -2.23. The number of ether oxygens (including phenoxy) is 1. The van der Waals surface area contributed by atoms with Crippen LogP contribution in [0.1, 0.15) is 21.6 Å². The molecule has 8 heteroatoms. The highest BCUT2D eigenvalue weighted by Crippen LogP contribution is 2.26. The maximum atomic E-state index is 13.1. The molecule has 2 heterocycles. The SMILES string of the molecule is COc1ccc(-c2cc(C(=O)NCc3cccc(Cn4cncn4)c3)nn2-c2ccccc2)cc1. The van der Waals surface area contributed by atoms with Crippen molar-refractivity contribution in [2.75, 3.05) is 7.11 Å². The number of methoxy groups -OCH3 is 1. The monoisotopic (exact) mass is 464 g/mol. The van der Waals surface area contributed by atoms with Gasteiger partial charge in [0, 0.05) is 12.1 Å². The molecule has 35 heavy (non-hydrogen) atoms. The van der Waals surface area contributed by atoms with E-state index >= 15 is 0 Å². The van der Waals surface area contributed by atoms with Crippen LogP contribution in [-0.4, -0.2) is 37.6 Å². The molecule has 0 fully saturated rings. The van der Waals surface area contributed by atoms with Crippen LogP contribution in [0.25, 0.3) is 16.9 Å². The van der Waals surface area contributed by atoms with Crippen LogP contribution in [-0.2, 0) is 13.1 Å². The second-order valence-electron chi connectivity index (χ2n) is 7.99. The number of aromatic nitrogens is 5. The third kappa shape index (κ3) is 5.11. The number of amides is 1. The molecule has 1 N–H and O–H groups in total. The molecule has 5 rings (SSSR count). The van der Waals surface area contributed by atoms with Crippen LogP contribution >= 0.6 is 0 Å².